The lowest BCUT2D eigenvalue weighted by molar-refractivity contribution is -0.146. The number of esters is 2. The summed E-state index contributed by atoms with van der Waals surface area (Å²) < 4.78 is 10.6. The van der Waals surface area contributed by atoms with Crippen LogP contribution in [0.1, 0.15) is 118 Å². The third-order valence-corrected chi connectivity index (χ3v) is 6.53. The zero-order chi connectivity index (χ0) is 28.2. The molecular formula is C28H48N4O6. The van der Waals surface area contributed by atoms with Gasteiger partial charge in [0.25, 0.3) is 0 Å². The van der Waals surface area contributed by atoms with Crippen LogP contribution in [0, 0.1) is 11.8 Å². The van der Waals surface area contributed by atoms with Crippen LogP contribution in [0.2, 0.25) is 0 Å². The summed E-state index contributed by atoms with van der Waals surface area (Å²) in [5.41, 5.74) is 6.80. The maximum atomic E-state index is 12.0. The third kappa shape index (κ3) is 18.5. The zero-order valence-corrected chi connectivity index (χ0v) is 23.8. The summed E-state index contributed by atoms with van der Waals surface area (Å²) in [5.74, 6) is -0.207. The monoisotopic (exact) mass is 536 g/mol. The van der Waals surface area contributed by atoms with Crippen molar-refractivity contribution in [1.29, 1.82) is 0 Å². The van der Waals surface area contributed by atoms with Gasteiger partial charge in [0.1, 0.15) is 0 Å². The first-order valence-corrected chi connectivity index (χ1v) is 14.1. The number of nitrogens with zero attached hydrogens (tertiary/aromatic N) is 2. The van der Waals surface area contributed by atoms with E-state index in [9.17, 15) is 19.2 Å². The van der Waals surface area contributed by atoms with Gasteiger partial charge in [-0.2, -0.15) is 10.2 Å². The molecule has 2 atom stereocenters. The van der Waals surface area contributed by atoms with E-state index in [-0.39, 0.29) is 49.4 Å². The lowest BCUT2D eigenvalue weighted by Gasteiger charge is -2.12. The Kier molecular flexibility index (Phi) is 17.7. The fraction of sp³-hybridized carbons (Fsp3) is 0.786. The molecule has 0 bridgehead atoms. The molecule has 0 aromatic carbocycles. The minimum Gasteiger partial charge on any atom is -0.466 e. The van der Waals surface area contributed by atoms with Crippen molar-refractivity contribution in [1.82, 2.24) is 10.9 Å². The van der Waals surface area contributed by atoms with E-state index >= 15 is 0 Å². The molecule has 1 aliphatic heterocycles. The summed E-state index contributed by atoms with van der Waals surface area (Å²) in [5, 5.41) is 8.30. The van der Waals surface area contributed by atoms with E-state index in [0.29, 0.717) is 37.9 Å². The number of hydrazone groups is 2. The molecule has 2 N–H and O–H groups in total. The Hall–Kier alpha value is -2.78. The van der Waals surface area contributed by atoms with Gasteiger partial charge in [0.05, 0.1) is 13.2 Å². The number of hydrogen-bond donors (Lipinski definition) is 2. The normalized spacial score (nSPS) is 27.3. The molecule has 1 heterocycles. The van der Waals surface area contributed by atoms with Gasteiger partial charge in [-0.15, -0.1) is 0 Å². The quantitative estimate of drug-likeness (QED) is 0.427. The van der Waals surface area contributed by atoms with E-state index in [2.05, 4.69) is 34.9 Å². The maximum absolute atomic E-state index is 12.0. The largest absolute Gasteiger partial charge is 0.466 e. The van der Waals surface area contributed by atoms with Crippen molar-refractivity contribution in [3.05, 3.63) is 0 Å². The standard InChI is InChI=1S/C28H48N4O6/c1-21-9-5-11-23(3)29-31-25(33)13-7-14-26(34)32-30-24(4)12-6-10-22(2)18-20-38-28(36)16-8-15-27(35)37-19-17-21/h21-22H,5-20H2,1-4H3,(H,31,33)(H,32,34)/b29-23-,30-24-. The molecule has 216 valence electrons. The molecule has 0 aliphatic carbocycles. The van der Waals surface area contributed by atoms with Gasteiger partial charge in [-0.05, 0) is 77.0 Å². The molecule has 1 aliphatic rings. The predicted molar refractivity (Wildman–Crippen MR) is 147 cm³/mol. The highest BCUT2D eigenvalue weighted by atomic mass is 16.5. The van der Waals surface area contributed by atoms with Crippen LogP contribution in [0.3, 0.4) is 0 Å². The van der Waals surface area contributed by atoms with Crippen LogP contribution in [0.5, 0.6) is 0 Å². The van der Waals surface area contributed by atoms with E-state index < -0.39 is 0 Å². The highest BCUT2D eigenvalue weighted by Gasteiger charge is 2.11. The minimum atomic E-state index is -0.282. The highest BCUT2D eigenvalue weighted by Crippen LogP contribution is 2.14. The highest BCUT2D eigenvalue weighted by molar-refractivity contribution is 5.85. The number of nitrogens with one attached hydrogen (secondary N) is 2. The molecule has 0 spiro atoms. The number of carbonyl (C=O) groups is 4. The van der Waals surface area contributed by atoms with Crippen LogP contribution in [0.4, 0.5) is 0 Å². The Morgan fingerprint density at radius 2 is 0.974 bits per heavy atom. The molecule has 0 fully saturated rings. The Morgan fingerprint density at radius 3 is 1.39 bits per heavy atom. The van der Waals surface area contributed by atoms with Gasteiger partial charge in [0.2, 0.25) is 11.8 Å². The first-order valence-electron chi connectivity index (χ1n) is 14.1. The van der Waals surface area contributed by atoms with Crippen molar-refractivity contribution in [2.24, 2.45) is 22.0 Å². The van der Waals surface area contributed by atoms with Gasteiger partial charge >= 0.3 is 11.9 Å². The SMILES string of the molecule is C/C1=N/NC(=O)CCCC(=O)N/N=C(/C)CCCC(C)CCOC(=O)CCCC(=O)OCCC(C)CCC1. The van der Waals surface area contributed by atoms with E-state index in [1.54, 1.807) is 0 Å². The number of amides is 2. The number of hydrogen-bond acceptors (Lipinski definition) is 8. The molecule has 10 heteroatoms. The summed E-state index contributed by atoms with van der Waals surface area (Å²) in [6.07, 6.45) is 8.53. The van der Waals surface area contributed by atoms with Gasteiger partial charge in [0, 0.05) is 37.1 Å². The maximum Gasteiger partial charge on any atom is 0.305 e. The van der Waals surface area contributed by atoms with Crippen LogP contribution in [-0.4, -0.2) is 48.4 Å². The Balaban J connectivity index is 2.55. The Labute approximate surface area is 227 Å². The van der Waals surface area contributed by atoms with Gasteiger partial charge in [0.15, 0.2) is 0 Å². The number of carbonyl (C=O) groups excluding carboxylic acids is 4. The first-order chi connectivity index (χ1) is 18.2. The molecule has 0 saturated heterocycles. The molecule has 0 saturated carbocycles. The molecule has 38 heavy (non-hydrogen) atoms. The van der Waals surface area contributed by atoms with Crippen molar-refractivity contribution < 1.29 is 28.7 Å². The van der Waals surface area contributed by atoms with E-state index in [1.165, 1.54) is 0 Å². The molecule has 1 rings (SSSR count). The number of rotatable bonds is 0. The molecule has 10 nitrogen and oxygen atoms in total. The second kappa shape index (κ2) is 20.2. The Morgan fingerprint density at radius 1 is 0.579 bits per heavy atom. The van der Waals surface area contributed by atoms with Crippen LogP contribution >= 0.6 is 0 Å². The van der Waals surface area contributed by atoms with Crippen LogP contribution < -0.4 is 10.9 Å². The second-order valence-electron chi connectivity index (χ2n) is 10.5. The van der Waals surface area contributed by atoms with Gasteiger partial charge in [-0.3, -0.25) is 19.2 Å². The van der Waals surface area contributed by atoms with Crippen LogP contribution in [0.25, 0.3) is 0 Å². The summed E-state index contributed by atoms with van der Waals surface area (Å²) >= 11 is 0. The van der Waals surface area contributed by atoms with Crippen molar-refractivity contribution in [3.8, 4) is 0 Å². The third-order valence-electron chi connectivity index (χ3n) is 6.53. The first kappa shape index (κ1) is 33.2. The average molecular weight is 537 g/mol. The smallest absolute Gasteiger partial charge is 0.305 e. The summed E-state index contributed by atoms with van der Waals surface area (Å²) in [7, 11) is 0. The van der Waals surface area contributed by atoms with E-state index in [0.717, 1.165) is 62.8 Å². The van der Waals surface area contributed by atoms with Crippen LogP contribution in [0.15, 0.2) is 10.2 Å². The minimum absolute atomic E-state index is 0.211. The topological polar surface area (TPSA) is 136 Å². The fourth-order valence-electron chi connectivity index (χ4n) is 3.92. The Bertz CT molecular complexity index is 747. The second-order valence-corrected chi connectivity index (χ2v) is 10.5. The summed E-state index contributed by atoms with van der Waals surface area (Å²) in [6.45, 7) is 8.72. The lowest BCUT2D eigenvalue weighted by Crippen LogP contribution is -2.21. The van der Waals surface area contributed by atoms with Crippen molar-refractivity contribution in [2.75, 3.05) is 13.2 Å². The summed E-state index contributed by atoms with van der Waals surface area (Å²) in [4.78, 5) is 47.9. The molecule has 0 aromatic heterocycles. The number of ether oxygens (including phenoxy) is 2. The molecule has 0 radical (unpaired) electrons. The van der Waals surface area contributed by atoms with Gasteiger partial charge < -0.3 is 9.47 Å². The van der Waals surface area contributed by atoms with E-state index in [4.69, 9.17) is 9.47 Å². The molecule has 2 unspecified atom stereocenters. The van der Waals surface area contributed by atoms with Crippen molar-refractivity contribution in [3.63, 3.8) is 0 Å². The molecule has 0 aromatic rings. The lowest BCUT2D eigenvalue weighted by atomic mass is 10.00. The van der Waals surface area contributed by atoms with Crippen molar-refractivity contribution >= 4 is 35.2 Å². The van der Waals surface area contributed by atoms with Gasteiger partial charge in [-0.25, -0.2) is 10.9 Å². The fourth-order valence-corrected chi connectivity index (χ4v) is 3.92. The van der Waals surface area contributed by atoms with E-state index in [1.807, 2.05) is 13.8 Å². The predicted octanol–water partition coefficient (Wildman–Crippen LogP) is 4.80. The average Bonchev–Trinajstić information content (AvgIpc) is 2.85. The van der Waals surface area contributed by atoms with Gasteiger partial charge in [-0.1, -0.05) is 26.7 Å². The molecular weight excluding hydrogens is 488 g/mol. The van der Waals surface area contributed by atoms with Crippen molar-refractivity contribution in [2.45, 2.75) is 118 Å². The van der Waals surface area contributed by atoms with Crippen LogP contribution in [-0.2, 0) is 28.7 Å². The molecule has 2 amide bonds. The number of cyclic esters (lactones) is 2. The summed E-state index contributed by atoms with van der Waals surface area (Å²) in [6, 6.07) is 0. The zero-order valence-electron chi connectivity index (χ0n) is 23.8.